The normalized spacial score (nSPS) is 10.7. The lowest BCUT2D eigenvalue weighted by Gasteiger charge is -2.11. The lowest BCUT2D eigenvalue weighted by molar-refractivity contribution is 0.111. The summed E-state index contributed by atoms with van der Waals surface area (Å²) in [4.78, 5) is 15.9. The van der Waals surface area contributed by atoms with Crippen molar-refractivity contribution in [3.8, 4) is 22.1 Å². The van der Waals surface area contributed by atoms with Crippen molar-refractivity contribution in [2.24, 2.45) is 0 Å². The van der Waals surface area contributed by atoms with Crippen molar-refractivity contribution in [2.75, 3.05) is 0 Å². The fourth-order valence-electron chi connectivity index (χ4n) is 2.73. The van der Waals surface area contributed by atoms with Crippen LogP contribution in [0.2, 0.25) is 0 Å². The highest BCUT2D eigenvalue weighted by atomic mass is 79.9. The Morgan fingerprint density at radius 1 is 1.11 bits per heavy atom. The van der Waals surface area contributed by atoms with E-state index in [1.165, 1.54) is 11.3 Å². The minimum Gasteiger partial charge on any atom is -0.488 e. The topological polar surface area (TPSA) is 44.1 Å². The van der Waals surface area contributed by atoms with Crippen LogP contribution in [0.25, 0.3) is 16.4 Å². The molecule has 4 nitrogen and oxygen atoms in total. The Morgan fingerprint density at radius 3 is 2.78 bits per heavy atom. The molecule has 0 aliphatic rings. The van der Waals surface area contributed by atoms with E-state index in [4.69, 9.17) is 9.72 Å². The van der Waals surface area contributed by atoms with Crippen LogP contribution in [-0.2, 0) is 6.61 Å². The number of carbonyl (C=O) groups is 1. The Labute approximate surface area is 169 Å². The van der Waals surface area contributed by atoms with Gasteiger partial charge in [0.1, 0.15) is 12.4 Å². The molecule has 6 heteroatoms. The number of aldehydes is 1. The summed E-state index contributed by atoms with van der Waals surface area (Å²) < 4.78 is 8.79. The number of ether oxygens (including phenoxy) is 1. The second-order valence-electron chi connectivity index (χ2n) is 5.85. The number of nitrogens with zero attached hydrogens (tertiary/aromatic N) is 2. The van der Waals surface area contributed by atoms with E-state index in [1.54, 1.807) is 10.6 Å². The summed E-state index contributed by atoms with van der Waals surface area (Å²) in [5.74, 6) is 0.766. The first-order chi connectivity index (χ1) is 13.2. The molecule has 0 unspecified atom stereocenters. The first-order valence-electron chi connectivity index (χ1n) is 8.29. The first-order valence-corrected chi connectivity index (χ1v) is 9.97. The van der Waals surface area contributed by atoms with E-state index in [0.717, 1.165) is 38.5 Å². The molecule has 4 rings (SSSR count). The van der Waals surface area contributed by atoms with Crippen LogP contribution >= 0.6 is 27.3 Å². The maximum absolute atomic E-state index is 11.2. The van der Waals surface area contributed by atoms with E-state index in [2.05, 4.69) is 15.9 Å². The van der Waals surface area contributed by atoms with Crippen molar-refractivity contribution < 1.29 is 9.53 Å². The third-order valence-electron chi connectivity index (χ3n) is 4.05. The van der Waals surface area contributed by atoms with E-state index in [9.17, 15) is 4.79 Å². The smallest absolute Gasteiger partial charge is 0.194 e. The lowest BCUT2D eigenvalue weighted by Crippen LogP contribution is -1.98. The molecule has 4 aromatic rings. The van der Waals surface area contributed by atoms with Crippen molar-refractivity contribution >= 4 is 33.6 Å². The quantitative estimate of drug-likeness (QED) is 0.359. The predicted molar refractivity (Wildman–Crippen MR) is 111 cm³/mol. The molecule has 0 radical (unpaired) electrons. The molecular weight excluding hydrogens is 424 g/mol. The Balaban J connectivity index is 1.65. The average Bonchev–Trinajstić information content (AvgIpc) is 3.36. The number of aromatic nitrogens is 2. The van der Waals surface area contributed by atoms with Crippen molar-refractivity contribution in [1.82, 2.24) is 9.55 Å². The molecule has 0 atom stereocenters. The van der Waals surface area contributed by atoms with E-state index in [-0.39, 0.29) is 0 Å². The van der Waals surface area contributed by atoms with Gasteiger partial charge in [-0.25, -0.2) is 4.98 Å². The molecule has 27 heavy (non-hydrogen) atoms. The number of rotatable bonds is 6. The first kappa shape index (κ1) is 17.7. The Hall–Kier alpha value is -2.70. The molecule has 2 aromatic heterocycles. The molecule has 0 N–H and O–H groups in total. The highest BCUT2D eigenvalue weighted by molar-refractivity contribution is 9.10. The molecule has 2 aromatic carbocycles. The molecule has 0 aliphatic heterocycles. The molecule has 0 spiro atoms. The van der Waals surface area contributed by atoms with E-state index >= 15 is 0 Å². The Bertz CT molecular complexity index is 1070. The summed E-state index contributed by atoms with van der Waals surface area (Å²) in [6, 6.07) is 19.5. The summed E-state index contributed by atoms with van der Waals surface area (Å²) in [5.41, 5.74) is 3.39. The molecule has 0 bridgehead atoms. The van der Waals surface area contributed by atoms with Gasteiger partial charge in [0.15, 0.2) is 11.4 Å². The zero-order chi connectivity index (χ0) is 18.6. The van der Waals surface area contributed by atoms with Crippen molar-refractivity contribution in [3.63, 3.8) is 0 Å². The largest absolute Gasteiger partial charge is 0.488 e. The van der Waals surface area contributed by atoms with E-state index in [1.807, 2.05) is 66.2 Å². The van der Waals surface area contributed by atoms with Gasteiger partial charge in [0.2, 0.25) is 0 Å². The standard InChI is InChI=1S/C21H15BrN2O2S/c22-16-8-9-20(26-13-15-5-2-1-3-6-15)18(11-16)19-14-27-21(23-19)24-10-4-7-17(24)12-25/h1-12,14H,13H2. The van der Waals surface area contributed by atoms with E-state index in [0.29, 0.717) is 12.3 Å². The average molecular weight is 439 g/mol. The lowest BCUT2D eigenvalue weighted by atomic mass is 10.1. The number of carbonyl (C=O) groups excluding carboxylic acids is 1. The molecular formula is C21H15BrN2O2S. The number of hydrogen-bond donors (Lipinski definition) is 0. The zero-order valence-corrected chi connectivity index (χ0v) is 16.6. The van der Waals surface area contributed by atoms with Crippen molar-refractivity contribution in [1.29, 1.82) is 0 Å². The summed E-state index contributed by atoms with van der Waals surface area (Å²) in [6.07, 6.45) is 2.66. The molecule has 0 fully saturated rings. The summed E-state index contributed by atoms with van der Waals surface area (Å²) in [6.45, 7) is 0.485. The molecule has 2 heterocycles. The number of thiazole rings is 1. The third kappa shape index (κ3) is 3.86. The molecule has 0 amide bonds. The van der Waals surface area contributed by atoms with Crippen LogP contribution < -0.4 is 4.74 Å². The number of halogens is 1. The molecule has 0 saturated heterocycles. The van der Waals surface area contributed by atoms with Gasteiger partial charge in [0.05, 0.1) is 11.4 Å². The summed E-state index contributed by atoms with van der Waals surface area (Å²) in [5, 5.41) is 2.72. The van der Waals surface area contributed by atoms with Gasteiger partial charge in [0.25, 0.3) is 0 Å². The van der Waals surface area contributed by atoms with Crippen LogP contribution in [0.4, 0.5) is 0 Å². The molecule has 0 saturated carbocycles. The van der Waals surface area contributed by atoms with Gasteiger partial charge < -0.3 is 4.74 Å². The van der Waals surface area contributed by atoms with Gasteiger partial charge >= 0.3 is 0 Å². The minimum atomic E-state index is 0.485. The molecule has 0 aliphatic carbocycles. The summed E-state index contributed by atoms with van der Waals surface area (Å²) >= 11 is 5.01. The van der Waals surface area contributed by atoms with Gasteiger partial charge in [-0.2, -0.15) is 0 Å². The maximum atomic E-state index is 11.2. The van der Waals surface area contributed by atoms with E-state index < -0.39 is 0 Å². The second-order valence-corrected chi connectivity index (χ2v) is 7.60. The van der Waals surface area contributed by atoms with Gasteiger partial charge in [0, 0.05) is 21.6 Å². The van der Waals surface area contributed by atoms with Gasteiger partial charge in [-0.15, -0.1) is 11.3 Å². The fourth-order valence-corrected chi connectivity index (χ4v) is 3.92. The van der Waals surface area contributed by atoms with Gasteiger partial charge in [-0.3, -0.25) is 9.36 Å². The maximum Gasteiger partial charge on any atom is 0.194 e. The second kappa shape index (κ2) is 7.90. The SMILES string of the molecule is O=Cc1cccn1-c1nc(-c2cc(Br)ccc2OCc2ccccc2)cs1. The van der Waals surface area contributed by atoms with Crippen LogP contribution in [0.15, 0.2) is 76.7 Å². The zero-order valence-electron chi connectivity index (χ0n) is 14.2. The number of hydrogen-bond acceptors (Lipinski definition) is 4. The minimum absolute atomic E-state index is 0.485. The Kier molecular flexibility index (Phi) is 5.18. The van der Waals surface area contributed by atoms with Crippen LogP contribution in [0.1, 0.15) is 16.1 Å². The highest BCUT2D eigenvalue weighted by Crippen LogP contribution is 2.34. The summed E-state index contributed by atoms with van der Waals surface area (Å²) in [7, 11) is 0. The molecule has 134 valence electrons. The Morgan fingerprint density at radius 2 is 1.96 bits per heavy atom. The van der Waals surface area contributed by atoms with Crippen LogP contribution in [0.5, 0.6) is 5.75 Å². The van der Waals surface area contributed by atoms with Crippen molar-refractivity contribution in [3.05, 3.63) is 88.0 Å². The number of benzene rings is 2. The highest BCUT2D eigenvalue weighted by Gasteiger charge is 2.13. The van der Waals surface area contributed by atoms with Crippen molar-refractivity contribution in [2.45, 2.75) is 6.61 Å². The third-order valence-corrected chi connectivity index (χ3v) is 5.39. The van der Waals surface area contributed by atoms with Crippen LogP contribution in [0, 0.1) is 0 Å². The fraction of sp³-hybridized carbons (Fsp3) is 0.0476. The van der Waals surface area contributed by atoms with Gasteiger partial charge in [-0.1, -0.05) is 46.3 Å². The predicted octanol–water partition coefficient (Wildman–Crippen LogP) is 5.75. The van der Waals surface area contributed by atoms with Crippen LogP contribution in [0.3, 0.4) is 0 Å². The monoisotopic (exact) mass is 438 g/mol. The van der Waals surface area contributed by atoms with Gasteiger partial charge in [-0.05, 0) is 35.9 Å². The van der Waals surface area contributed by atoms with Crippen LogP contribution in [-0.4, -0.2) is 15.8 Å².